The third-order valence-electron chi connectivity index (χ3n) is 9.01. The highest BCUT2D eigenvalue weighted by Crippen LogP contribution is 2.35. The zero-order valence-electron chi connectivity index (χ0n) is 25.9. The predicted molar refractivity (Wildman–Crippen MR) is 197 cm³/mol. The second-order valence-electron chi connectivity index (χ2n) is 12.1. The van der Waals surface area contributed by atoms with Crippen molar-refractivity contribution in [1.82, 2.24) is 15.3 Å². The van der Waals surface area contributed by atoms with Crippen LogP contribution >= 0.6 is 0 Å². The highest BCUT2D eigenvalue weighted by atomic mass is 14.9. The summed E-state index contributed by atoms with van der Waals surface area (Å²) in [6.45, 7) is 3.83. The summed E-state index contributed by atoms with van der Waals surface area (Å²) in [5, 5.41) is 20.9. The van der Waals surface area contributed by atoms with Crippen LogP contribution in [0.25, 0.3) is 65.2 Å². The second-order valence-corrected chi connectivity index (χ2v) is 12.1. The molecular formula is C41H37N5. The molecule has 0 fully saturated rings. The zero-order valence-corrected chi connectivity index (χ0v) is 25.9. The highest BCUT2D eigenvalue weighted by Gasteiger charge is 2.11. The number of hydrogen-bond donors (Lipinski definition) is 3. The molecule has 226 valence electrons. The van der Waals surface area contributed by atoms with Gasteiger partial charge in [-0.25, -0.2) is 9.97 Å². The standard InChI is InChI=1S/C41H37N5/c1-3-14-30-26-38-34(24-28(30)12-1)40(32-16-5-7-18-36(32)45-38)43-22-10-9-20-42-21-11-23-44-41-33-17-6-8-19-37(33)46-39-27-31-15-4-2-13-29(31)25-35(39)41/h1-8,12-19,24-27,42H,9-11,20-23H2,(H,43,45)(H,44,46). The molecule has 0 aliphatic carbocycles. The van der Waals surface area contributed by atoms with E-state index in [-0.39, 0.29) is 0 Å². The molecule has 0 radical (unpaired) electrons. The number of para-hydroxylation sites is 2. The minimum atomic E-state index is 0.904. The first-order valence-electron chi connectivity index (χ1n) is 16.4. The van der Waals surface area contributed by atoms with Gasteiger partial charge in [0.15, 0.2) is 0 Å². The van der Waals surface area contributed by atoms with Crippen LogP contribution in [0.5, 0.6) is 0 Å². The van der Waals surface area contributed by atoms with Crippen LogP contribution < -0.4 is 16.0 Å². The van der Waals surface area contributed by atoms with Crippen LogP contribution in [0, 0.1) is 0 Å². The van der Waals surface area contributed by atoms with Gasteiger partial charge in [-0.15, -0.1) is 0 Å². The van der Waals surface area contributed by atoms with E-state index in [0.717, 1.165) is 67.5 Å². The summed E-state index contributed by atoms with van der Waals surface area (Å²) in [7, 11) is 0. The summed E-state index contributed by atoms with van der Waals surface area (Å²) in [6.07, 6.45) is 3.27. The average molecular weight is 600 g/mol. The van der Waals surface area contributed by atoms with E-state index in [1.807, 2.05) is 0 Å². The molecule has 8 aromatic rings. The lowest BCUT2D eigenvalue weighted by atomic mass is 10.0. The average Bonchev–Trinajstić information content (AvgIpc) is 3.10. The Morgan fingerprint density at radius 1 is 0.370 bits per heavy atom. The molecule has 2 heterocycles. The SMILES string of the molecule is c1ccc2cc3c(NCCCCNCCCNc4c5ccccc5nc5cc6ccccc6cc45)c4ccccc4nc3cc2c1. The van der Waals surface area contributed by atoms with Crippen molar-refractivity contribution < 1.29 is 0 Å². The summed E-state index contributed by atoms with van der Waals surface area (Å²) >= 11 is 0. The van der Waals surface area contributed by atoms with Crippen molar-refractivity contribution in [3.63, 3.8) is 0 Å². The Morgan fingerprint density at radius 2 is 0.783 bits per heavy atom. The molecule has 2 aromatic heterocycles. The maximum atomic E-state index is 4.98. The van der Waals surface area contributed by atoms with E-state index in [2.05, 4.69) is 137 Å². The van der Waals surface area contributed by atoms with Crippen LogP contribution in [0.3, 0.4) is 0 Å². The number of nitrogens with zero attached hydrogens (tertiary/aromatic N) is 2. The molecular weight excluding hydrogens is 562 g/mol. The minimum absolute atomic E-state index is 0.904. The number of unbranched alkanes of at least 4 members (excludes halogenated alkanes) is 1. The molecule has 0 saturated carbocycles. The zero-order chi connectivity index (χ0) is 30.7. The largest absolute Gasteiger partial charge is 0.384 e. The molecule has 6 aromatic carbocycles. The maximum Gasteiger partial charge on any atom is 0.0736 e. The fourth-order valence-electron chi connectivity index (χ4n) is 6.68. The van der Waals surface area contributed by atoms with Crippen LogP contribution in [-0.4, -0.2) is 36.1 Å². The van der Waals surface area contributed by atoms with Gasteiger partial charge in [0.25, 0.3) is 0 Å². The van der Waals surface area contributed by atoms with Crippen molar-refractivity contribution in [2.75, 3.05) is 36.8 Å². The van der Waals surface area contributed by atoms with Gasteiger partial charge < -0.3 is 16.0 Å². The highest BCUT2D eigenvalue weighted by molar-refractivity contribution is 6.12. The molecule has 0 bridgehead atoms. The number of hydrogen-bond acceptors (Lipinski definition) is 5. The monoisotopic (exact) mass is 599 g/mol. The molecule has 0 aliphatic heterocycles. The fraction of sp³-hybridized carbons (Fsp3) is 0.171. The number of fused-ring (bicyclic) bond motifs is 6. The lowest BCUT2D eigenvalue weighted by Crippen LogP contribution is -2.20. The van der Waals surface area contributed by atoms with Crippen molar-refractivity contribution in [2.24, 2.45) is 0 Å². The van der Waals surface area contributed by atoms with E-state index >= 15 is 0 Å². The molecule has 0 saturated heterocycles. The molecule has 3 N–H and O–H groups in total. The fourth-order valence-corrected chi connectivity index (χ4v) is 6.68. The summed E-state index contributed by atoms with van der Waals surface area (Å²) < 4.78 is 0. The first kappa shape index (κ1) is 28.2. The molecule has 8 rings (SSSR count). The lowest BCUT2D eigenvalue weighted by molar-refractivity contribution is 0.619. The number of rotatable bonds is 11. The Labute approximate surface area is 268 Å². The smallest absolute Gasteiger partial charge is 0.0736 e. The van der Waals surface area contributed by atoms with E-state index in [9.17, 15) is 0 Å². The lowest BCUT2D eigenvalue weighted by Gasteiger charge is -2.15. The molecule has 0 spiro atoms. The van der Waals surface area contributed by atoms with Crippen molar-refractivity contribution in [3.8, 4) is 0 Å². The Kier molecular flexibility index (Phi) is 7.75. The summed E-state index contributed by atoms with van der Waals surface area (Å²) in [5.74, 6) is 0. The predicted octanol–water partition coefficient (Wildman–Crippen LogP) is 9.68. The normalized spacial score (nSPS) is 11.7. The van der Waals surface area contributed by atoms with Gasteiger partial charge in [0.05, 0.1) is 33.4 Å². The van der Waals surface area contributed by atoms with E-state index in [1.165, 1.54) is 54.5 Å². The third-order valence-corrected chi connectivity index (χ3v) is 9.01. The summed E-state index contributed by atoms with van der Waals surface area (Å²) in [6, 6.07) is 42.9. The van der Waals surface area contributed by atoms with Gasteiger partial charge in [-0.1, -0.05) is 84.9 Å². The van der Waals surface area contributed by atoms with Gasteiger partial charge in [0.1, 0.15) is 0 Å². The quantitative estimate of drug-likeness (QED) is 0.102. The molecule has 0 unspecified atom stereocenters. The Morgan fingerprint density at radius 3 is 1.33 bits per heavy atom. The van der Waals surface area contributed by atoms with Gasteiger partial charge in [0.2, 0.25) is 0 Å². The van der Waals surface area contributed by atoms with E-state index in [0.29, 0.717) is 0 Å². The van der Waals surface area contributed by atoms with Crippen LogP contribution in [0.1, 0.15) is 19.3 Å². The molecule has 0 atom stereocenters. The van der Waals surface area contributed by atoms with Gasteiger partial charge >= 0.3 is 0 Å². The Hall–Kier alpha value is -5.26. The van der Waals surface area contributed by atoms with Gasteiger partial charge in [-0.2, -0.15) is 0 Å². The molecule has 0 aliphatic rings. The van der Waals surface area contributed by atoms with E-state index < -0.39 is 0 Å². The van der Waals surface area contributed by atoms with Gasteiger partial charge in [0, 0.05) is 34.6 Å². The van der Waals surface area contributed by atoms with Crippen LogP contribution in [0.4, 0.5) is 11.4 Å². The van der Waals surface area contributed by atoms with Crippen molar-refractivity contribution in [1.29, 1.82) is 0 Å². The van der Waals surface area contributed by atoms with Crippen LogP contribution in [0.2, 0.25) is 0 Å². The second kappa shape index (κ2) is 12.6. The van der Waals surface area contributed by atoms with Crippen LogP contribution in [0.15, 0.2) is 121 Å². The first-order chi connectivity index (χ1) is 22.8. The first-order valence-corrected chi connectivity index (χ1v) is 16.4. The molecule has 0 amide bonds. The number of nitrogens with one attached hydrogen (secondary N) is 3. The van der Waals surface area contributed by atoms with E-state index in [1.54, 1.807) is 0 Å². The van der Waals surface area contributed by atoms with Crippen molar-refractivity contribution >= 4 is 76.5 Å². The van der Waals surface area contributed by atoms with Crippen molar-refractivity contribution in [3.05, 3.63) is 121 Å². The van der Waals surface area contributed by atoms with E-state index in [4.69, 9.17) is 9.97 Å². The third kappa shape index (κ3) is 5.55. The molecule has 5 heteroatoms. The summed E-state index contributed by atoms with van der Waals surface area (Å²) in [5.41, 5.74) is 6.50. The molecule has 5 nitrogen and oxygen atoms in total. The maximum absolute atomic E-state index is 4.98. The topological polar surface area (TPSA) is 61.9 Å². The summed E-state index contributed by atoms with van der Waals surface area (Å²) in [4.78, 5) is 9.97. The number of pyridine rings is 2. The van der Waals surface area contributed by atoms with Gasteiger partial charge in [-0.3, -0.25) is 0 Å². The number of anilines is 2. The van der Waals surface area contributed by atoms with Crippen molar-refractivity contribution in [2.45, 2.75) is 19.3 Å². The van der Waals surface area contributed by atoms with Crippen LogP contribution in [-0.2, 0) is 0 Å². The number of benzene rings is 6. The Bertz CT molecular complexity index is 2170. The molecule has 46 heavy (non-hydrogen) atoms. The minimum Gasteiger partial charge on any atom is -0.384 e. The van der Waals surface area contributed by atoms with Gasteiger partial charge in [-0.05, 0) is 90.3 Å². The number of aromatic nitrogens is 2. The Balaban J connectivity index is 0.865.